The summed E-state index contributed by atoms with van der Waals surface area (Å²) in [6.45, 7) is 6.67. The van der Waals surface area contributed by atoms with Crippen LogP contribution in [0.2, 0.25) is 0 Å². The Balaban J connectivity index is 2.51. The first-order valence-corrected chi connectivity index (χ1v) is 6.76. The predicted octanol–water partition coefficient (Wildman–Crippen LogP) is 1.81. The fourth-order valence-corrected chi connectivity index (χ4v) is 2.51. The number of aliphatic hydroxyl groups is 1. The highest BCUT2D eigenvalue weighted by molar-refractivity contribution is 4.76. The summed E-state index contributed by atoms with van der Waals surface area (Å²) in [5.41, 5.74) is 0. The van der Waals surface area contributed by atoms with E-state index >= 15 is 0 Å². The summed E-state index contributed by atoms with van der Waals surface area (Å²) in [4.78, 5) is 2.32. The second kappa shape index (κ2) is 7.25. The zero-order chi connectivity index (χ0) is 12.0. The van der Waals surface area contributed by atoms with Crippen molar-refractivity contribution >= 4 is 0 Å². The van der Waals surface area contributed by atoms with Gasteiger partial charge in [-0.25, -0.2) is 0 Å². The van der Waals surface area contributed by atoms with Crippen LogP contribution in [0, 0.1) is 5.92 Å². The Kier molecular flexibility index (Phi) is 6.32. The minimum absolute atomic E-state index is 0.334. The molecule has 0 radical (unpaired) electrons. The summed E-state index contributed by atoms with van der Waals surface area (Å²) in [7, 11) is 2.14. The highest BCUT2D eigenvalue weighted by Crippen LogP contribution is 2.17. The van der Waals surface area contributed by atoms with Gasteiger partial charge in [0, 0.05) is 12.6 Å². The van der Waals surface area contributed by atoms with Gasteiger partial charge in [0.25, 0.3) is 0 Å². The molecule has 0 saturated carbocycles. The lowest BCUT2D eigenvalue weighted by Gasteiger charge is -2.31. The molecular weight excluding hydrogens is 200 g/mol. The third-order valence-corrected chi connectivity index (χ3v) is 3.68. The van der Waals surface area contributed by atoms with Crippen LogP contribution < -0.4 is 5.32 Å². The maximum Gasteiger partial charge on any atom is 0.106 e. The van der Waals surface area contributed by atoms with Gasteiger partial charge in [0.1, 0.15) is 6.23 Å². The zero-order valence-electron chi connectivity index (χ0n) is 11.1. The third kappa shape index (κ3) is 4.81. The molecule has 96 valence electrons. The first kappa shape index (κ1) is 13.9. The molecule has 0 aromatic carbocycles. The van der Waals surface area contributed by atoms with Crippen LogP contribution in [0.5, 0.6) is 0 Å². The van der Waals surface area contributed by atoms with Crippen LogP contribution in [0.3, 0.4) is 0 Å². The molecule has 0 bridgehead atoms. The van der Waals surface area contributed by atoms with Crippen LogP contribution in [0.15, 0.2) is 0 Å². The van der Waals surface area contributed by atoms with E-state index in [0.29, 0.717) is 12.0 Å². The van der Waals surface area contributed by atoms with E-state index in [4.69, 9.17) is 0 Å². The third-order valence-electron chi connectivity index (χ3n) is 3.68. The Hall–Kier alpha value is -0.120. The molecule has 0 spiro atoms. The first-order valence-electron chi connectivity index (χ1n) is 6.76. The van der Waals surface area contributed by atoms with Gasteiger partial charge < -0.3 is 10.0 Å². The summed E-state index contributed by atoms with van der Waals surface area (Å²) >= 11 is 0. The van der Waals surface area contributed by atoms with E-state index < -0.39 is 0 Å². The Labute approximate surface area is 100 Å². The van der Waals surface area contributed by atoms with Gasteiger partial charge in [-0.3, -0.25) is 5.32 Å². The van der Waals surface area contributed by atoms with Gasteiger partial charge >= 0.3 is 0 Å². The van der Waals surface area contributed by atoms with E-state index in [-0.39, 0.29) is 6.23 Å². The van der Waals surface area contributed by atoms with Crippen LogP contribution in [0.1, 0.15) is 46.0 Å². The molecule has 2 N–H and O–H groups in total. The van der Waals surface area contributed by atoms with Gasteiger partial charge in [0.05, 0.1) is 0 Å². The molecule has 3 heteroatoms. The number of hydrogen-bond acceptors (Lipinski definition) is 3. The maximum atomic E-state index is 9.93. The van der Waals surface area contributed by atoms with Crippen molar-refractivity contribution in [2.75, 3.05) is 20.1 Å². The van der Waals surface area contributed by atoms with Crippen LogP contribution in [0.4, 0.5) is 0 Å². The number of nitrogens with zero attached hydrogens (tertiary/aromatic N) is 1. The summed E-state index contributed by atoms with van der Waals surface area (Å²) in [5, 5.41) is 13.3. The Morgan fingerprint density at radius 1 is 1.31 bits per heavy atom. The van der Waals surface area contributed by atoms with Gasteiger partial charge in [-0.15, -0.1) is 0 Å². The molecule has 1 rings (SSSR count). The second-order valence-electron chi connectivity index (χ2n) is 5.29. The molecule has 0 amide bonds. The topological polar surface area (TPSA) is 35.5 Å². The van der Waals surface area contributed by atoms with E-state index in [1.807, 2.05) is 0 Å². The standard InChI is InChI=1S/C13H28N2O/c1-4-6-12-11(2)7-5-9-15(3)10-8-13(16)14-12/h11-14,16H,4-10H2,1-3H3. The van der Waals surface area contributed by atoms with E-state index in [1.165, 1.54) is 25.7 Å². The smallest absolute Gasteiger partial charge is 0.106 e. The second-order valence-corrected chi connectivity index (χ2v) is 5.29. The van der Waals surface area contributed by atoms with E-state index in [9.17, 15) is 5.11 Å². The Bertz CT molecular complexity index is 187. The van der Waals surface area contributed by atoms with Gasteiger partial charge in [-0.2, -0.15) is 0 Å². The van der Waals surface area contributed by atoms with Crippen molar-refractivity contribution in [3.8, 4) is 0 Å². The lowest BCUT2D eigenvalue weighted by atomic mass is 9.92. The van der Waals surface area contributed by atoms with Crippen LogP contribution in [0.25, 0.3) is 0 Å². The molecule has 1 heterocycles. The molecule has 1 fully saturated rings. The maximum absolute atomic E-state index is 9.93. The van der Waals surface area contributed by atoms with Crippen LogP contribution in [-0.4, -0.2) is 42.4 Å². The van der Waals surface area contributed by atoms with Gasteiger partial charge in [-0.1, -0.05) is 20.3 Å². The highest BCUT2D eigenvalue weighted by Gasteiger charge is 2.20. The molecule has 16 heavy (non-hydrogen) atoms. The molecule has 1 aliphatic rings. The minimum atomic E-state index is -0.334. The average Bonchev–Trinajstić information content (AvgIpc) is 2.25. The first-order chi connectivity index (χ1) is 7.63. The summed E-state index contributed by atoms with van der Waals surface area (Å²) in [6, 6.07) is 0.489. The molecule has 0 aromatic rings. The van der Waals surface area contributed by atoms with Crippen molar-refractivity contribution in [2.24, 2.45) is 5.92 Å². The van der Waals surface area contributed by atoms with Crippen LogP contribution in [-0.2, 0) is 0 Å². The van der Waals surface area contributed by atoms with Crippen LogP contribution >= 0.6 is 0 Å². The van der Waals surface area contributed by atoms with Crippen molar-refractivity contribution in [3.63, 3.8) is 0 Å². The van der Waals surface area contributed by atoms with Crippen molar-refractivity contribution in [2.45, 2.75) is 58.2 Å². The lowest BCUT2D eigenvalue weighted by Crippen LogP contribution is -2.44. The van der Waals surface area contributed by atoms with E-state index in [2.05, 4.69) is 31.1 Å². The molecule has 3 unspecified atom stereocenters. The Morgan fingerprint density at radius 3 is 2.75 bits per heavy atom. The van der Waals surface area contributed by atoms with Gasteiger partial charge in [0.2, 0.25) is 0 Å². The van der Waals surface area contributed by atoms with Crippen molar-refractivity contribution in [1.82, 2.24) is 10.2 Å². The lowest BCUT2D eigenvalue weighted by molar-refractivity contribution is 0.0815. The zero-order valence-corrected chi connectivity index (χ0v) is 11.1. The summed E-state index contributed by atoms with van der Waals surface area (Å²) in [5.74, 6) is 0.668. The predicted molar refractivity (Wildman–Crippen MR) is 68.4 cm³/mol. The van der Waals surface area contributed by atoms with Gasteiger partial charge in [0.15, 0.2) is 0 Å². The van der Waals surface area contributed by atoms with Crippen molar-refractivity contribution in [1.29, 1.82) is 0 Å². The number of rotatable bonds is 2. The molecule has 1 aliphatic heterocycles. The molecular formula is C13H28N2O. The van der Waals surface area contributed by atoms with E-state index in [1.54, 1.807) is 0 Å². The highest BCUT2D eigenvalue weighted by atomic mass is 16.3. The minimum Gasteiger partial charge on any atom is -0.379 e. The monoisotopic (exact) mass is 228 g/mol. The fraction of sp³-hybridized carbons (Fsp3) is 1.00. The molecule has 1 saturated heterocycles. The molecule has 0 aromatic heterocycles. The summed E-state index contributed by atoms with van der Waals surface area (Å²) < 4.78 is 0. The number of aliphatic hydroxyl groups excluding tert-OH is 1. The average molecular weight is 228 g/mol. The van der Waals surface area contributed by atoms with Gasteiger partial charge in [-0.05, 0) is 45.2 Å². The SMILES string of the molecule is CCCC1NC(O)CCN(C)CCCC1C. The van der Waals surface area contributed by atoms with Crippen molar-refractivity contribution < 1.29 is 5.11 Å². The molecule has 3 atom stereocenters. The number of hydrogen-bond donors (Lipinski definition) is 2. The normalized spacial score (nSPS) is 34.9. The quantitative estimate of drug-likeness (QED) is 0.757. The van der Waals surface area contributed by atoms with Crippen molar-refractivity contribution in [3.05, 3.63) is 0 Å². The Morgan fingerprint density at radius 2 is 2.06 bits per heavy atom. The largest absolute Gasteiger partial charge is 0.379 e. The fourth-order valence-electron chi connectivity index (χ4n) is 2.51. The molecule has 3 nitrogen and oxygen atoms in total. The number of nitrogens with one attached hydrogen (secondary N) is 1. The van der Waals surface area contributed by atoms with E-state index in [0.717, 1.165) is 19.5 Å². The summed E-state index contributed by atoms with van der Waals surface area (Å²) in [6.07, 6.45) is 5.40. The molecule has 0 aliphatic carbocycles.